The van der Waals surface area contributed by atoms with E-state index in [9.17, 15) is 4.79 Å². The molecule has 0 radical (unpaired) electrons. The van der Waals surface area contributed by atoms with Gasteiger partial charge >= 0.3 is 6.03 Å². The summed E-state index contributed by atoms with van der Waals surface area (Å²) in [4.78, 5) is 11.5. The third-order valence-electron chi connectivity index (χ3n) is 2.48. The number of amides is 2. The zero-order valence-corrected chi connectivity index (χ0v) is 8.89. The number of nitrogens with one attached hydrogen (secondary N) is 2. The van der Waals surface area contributed by atoms with Crippen LogP contribution >= 0.6 is 0 Å². The number of carbonyl (C=O) groups is 1. The van der Waals surface area contributed by atoms with Crippen molar-refractivity contribution < 1.29 is 4.79 Å². The van der Waals surface area contributed by atoms with Gasteiger partial charge in [0.05, 0.1) is 5.54 Å². The maximum atomic E-state index is 11.5. The van der Waals surface area contributed by atoms with E-state index in [0.717, 1.165) is 12.8 Å². The molecule has 0 aromatic heterocycles. The second-order valence-corrected chi connectivity index (χ2v) is 4.35. The van der Waals surface area contributed by atoms with Gasteiger partial charge in [0.15, 0.2) is 0 Å². The highest BCUT2D eigenvalue weighted by molar-refractivity contribution is 5.75. The number of carbonyl (C=O) groups excluding carboxylic acids is 1. The van der Waals surface area contributed by atoms with Crippen LogP contribution in [-0.4, -0.2) is 17.6 Å². The molecule has 1 fully saturated rings. The molecule has 1 saturated carbocycles. The van der Waals surface area contributed by atoms with Crippen LogP contribution in [0.1, 0.15) is 39.5 Å². The zero-order chi connectivity index (χ0) is 10.6. The first-order valence-electron chi connectivity index (χ1n) is 5.10. The van der Waals surface area contributed by atoms with E-state index in [1.54, 1.807) is 13.8 Å². The monoisotopic (exact) mass is 194 g/mol. The van der Waals surface area contributed by atoms with E-state index in [0.29, 0.717) is 6.04 Å². The van der Waals surface area contributed by atoms with Crippen LogP contribution in [0.25, 0.3) is 0 Å². The Labute approximate surface area is 85.6 Å². The van der Waals surface area contributed by atoms with Crippen LogP contribution in [0.5, 0.6) is 0 Å². The van der Waals surface area contributed by atoms with Crippen LogP contribution in [0.15, 0.2) is 0 Å². The van der Waals surface area contributed by atoms with Gasteiger partial charge in [-0.3, -0.25) is 0 Å². The summed E-state index contributed by atoms with van der Waals surface area (Å²) in [6.45, 7) is 3.61. The Hall–Kier alpha value is -1.17. The number of hydrogen-bond acceptors (Lipinski definition) is 1. The minimum Gasteiger partial charge on any atom is -0.335 e. The van der Waals surface area contributed by atoms with E-state index in [1.807, 2.05) is 0 Å². The van der Waals surface area contributed by atoms with Gasteiger partial charge in [-0.25, -0.2) is 4.79 Å². The first-order valence-corrected chi connectivity index (χ1v) is 5.10. The van der Waals surface area contributed by atoms with Gasteiger partial charge in [0, 0.05) is 6.04 Å². The normalized spacial score (nSPS) is 17.5. The van der Waals surface area contributed by atoms with Crippen LogP contribution in [0.4, 0.5) is 4.79 Å². The highest BCUT2D eigenvalue weighted by Gasteiger charge is 2.21. The molecular weight excluding hydrogens is 176 g/mol. The van der Waals surface area contributed by atoms with Crippen molar-refractivity contribution in [3.05, 3.63) is 0 Å². The van der Waals surface area contributed by atoms with Gasteiger partial charge in [0.2, 0.25) is 0 Å². The summed E-state index contributed by atoms with van der Waals surface area (Å²) in [5.41, 5.74) is -0.567. The lowest BCUT2D eigenvalue weighted by Crippen LogP contribution is -2.49. The molecule has 78 valence electrons. The van der Waals surface area contributed by atoms with Crippen LogP contribution in [-0.2, 0) is 0 Å². The Bertz CT molecular complexity index is 247. The Balaban J connectivity index is 2.32. The Kier molecular flexibility index (Phi) is 3.40. The fourth-order valence-electron chi connectivity index (χ4n) is 1.61. The van der Waals surface area contributed by atoms with Gasteiger partial charge in [-0.15, -0.1) is 6.42 Å². The third kappa shape index (κ3) is 3.29. The number of rotatable bonds is 2. The van der Waals surface area contributed by atoms with Crippen LogP contribution < -0.4 is 10.6 Å². The molecule has 14 heavy (non-hydrogen) atoms. The number of urea groups is 1. The van der Waals surface area contributed by atoms with Gasteiger partial charge in [-0.05, 0) is 26.7 Å². The summed E-state index contributed by atoms with van der Waals surface area (Å²) in [6, 6.07) is 0.184. The second kappa shape index (κ2) is 4.36. The lowest BCUT2D eigenvalue weighted by Gasteiger charge is -2.21. The maximum Gasteiger partial charge on any atom is 0.316 e. The average Bonchev–Trinajstić information content (AvgIpc) is 2.55. The molecule has 3 heteroatoms. The van der Waals surface area contributed by atoms with Crippen LogP contribution in [0.3, 0.4) is 0 Å². The van der Waals surface area contributed by atoms with E-state index in [1.165, 1.54) is 12.8 Å². The molecule has 0 spiro atoms. The van der Waals surface area contributed by atoms with Crippen LogP contribution in [0.2, 0.25) is 0 Å². The molecule has 1 aliphatic carbocycles. The molecule has 0 atom stereocenters. The van der Waals surface area contributed by atoms with Gasteiger partial charge in [-0.2, -0.15) is 0 Å². The quantitative estimate of drug-likeness (QED) is 0.645. The van der Waals surface area contributed by atoms with Crippen molar-refractivity contribution in [3.63, 3.8) is 0 Å². The van der Waals surface area contributed by atoms with E-state index in [2.05, 4.69) is 16.6 Å². The van der Waals surface area contributed by atoms with Gasteiger partial charge < -0.3 is 10.6 Å². The van der Waals surface area contributed by atoms with E-state index in [-0.39, 0.29) is 6.03 Å². The van der Waals surface area contributed by atoms with Crippen molar-refractivity contribution in [3.8, 4) is 12.3 Å². The first kappa shape index (κ1) is 10.9. The molecule has 0 bridgehead atoms. The molecule has 3 nitrogen and oxygen atoms in total. The smallest absolute Gasteiger partial charge is 0.316 e. The van der Waals surface area contributed by atoms with E-state index in [4.69, 9.17) is 6.42 Å². The zero-order valence-electron chi connectivity index (χ0n) is 8.89. The third-order valence-corrected chi connectivity index (χ3v) is 2.48. The summed E-state index contributed by atoms with van der Waals surface area (Å²) < 4.78 is 0. The summed E-state index contributed by atoms with van der Waals surface area (Å²) in [5.74, 6) is 2.53. The summed E-state index contributed by atoms with van der Waals surface area (Å²) in [5, 5.41) is 5.67. The Morgan fingerprint density at radius 1 is 1.43 bits per heavy atom. The fourth-order valence-corrected chi connectivity index (χ4v) is 1.61. The largest absolute Gasteiger partial charge is 0.335 e. The predicted molar refractivity (Wildman–Crippen MR) is 56.8 cm³/mol. The summed E-state index contributed by atoms with van der Waals surface area (Å²) in [6.07, 6.45) is 9.87. The highest BCUT2D eigenvalue weighted by atomic mass is 16.2. The molecule has 2 N–H and O–H groups in total. The van der Waals surface area contributed by atoms with Gasteiger partial charge in [0.1, 0.15) is 0 Å². The molecule has 1 aliphatic rings. The number of hydrogen-bond donors (Lipinski definition) is 2. The Morgan fingerprint density at radius 2 is 2.00 bits per heavy atom. The van der Waals surface area contributed by atoms with Crippen molar-refractivity contribution in [1.82, 2.24) is 10.6 Å². The van der Waals surface area contributed by atoms with Crippen molar-refractivity contribution in [2.24, 2.45) is 0 Å². The Morgan fingerprint density at radius 3 is 2.50 bits per heavy atom. The molecule has 0 aliphatic heterocycles. The molecule has 0 aromatic carbocycles. The molecule has 1 rings (SSSR count). The lowest BCUT2D eigenvalue weighted by atomic mass is 10.1. The standard InChI is InChI=1S/C11H18N2O/c1-4-11(2,3)13-10(14)12-9-7-5-6-8-9/h1,9H,5-8H2,2-3H3,(H2,12,13,14). The van der Waals surface area contributed by atoms with E-state index >= 15 is 0 Å². The minimum absolute atomic E-state index is 0.153. The van der Waals surface area contributed by atoms with Crippen molar-refractivity contribution >= 4 is 6.03 Å². The minimum atomic E-state index is -0.567. The van der Waals surface area contributed by atoms with Crippen molar-refractivity contribution in [2.45, 2.75) is 51.1 Å². The molecule has 0 saturated heterocycles. The average molecular weight is 194 g/mol. The summed E-state index contributed by atoms with van der Waals surface area (Å²) in [7, 11) is 0. The van der Waals surface area contributed by atoms with Crippen LogP contribution in [0, 0.1) is 12.3 Å². The highest BCUT2D eigenvalue weighted by Crippen LogP contribution is 2.17. The molecular formula is C11H18N2O. The van der Waals surface area contributed by atoms with E-state index < -0.39 is 5.54 Å². The molecule has 0 aromatic rings. The van der Waals surface area contributed by atoms with Crippen molar-refractivity contribution in [2.75, 3.05) is 0 Å². The van der Waals surface area contributed by atoms with Gasteiger partial charge in [-0.1, -0.05) is 18.8 Å². The maximum absolute atomic E-state index is 11.5. The SMILES string of the molecule is C#CC(C)(C)NC(=O)NC1CCCC1. The summed E-state index contributed by atoms with van der Waals surface area (Å²) >= 11 is 0. The molecule has 0 heterocycles. The predicted octanol–water partition coefficient (Wildman–Crippen LogP) is 1.64. The molecule has 2 amide bonds. The fraction of sp³-hybridized carbons (Fsp3) is 0.727. The van der Waals surface area contributed by atoms with Gasteiger partial charge in [0.25, 0.3) is 0 Å². The topological polar surface area (TPSA) is 41.1 Å². The first-order chi connectivity index (χ1) is 6.53. The molecule has 0 unspecified atom stereocenters. The second-order valence-electron chi connectivity index (χ2n) is 4.35. The number of terminal acetylenes is 1. The van der Waals surface area contributed by atoms with Crippen molar-refractivity contribution in [1.29, 1.82) is 0 Å². The lowest BCUT2D eigenvalue weighted by molar-refractivity contribution is 0.231.